The molecular weight excluding hydrogens is 462 g/mol. The van der Waals surface area contributed by atoms with Gasteiger partial charge < -0.3 is 9.63 Å². The normalized spacial score (nSPS) is 13.4. The molecule has 0 saturated carbocycles. The topological polar surface area (TPSA) is 92.4 Å². The molecule has 0 unspecified atom stereocenters. The summed E-state index contributed by atoms with van der Waals surface area (Å²) in [6.45, 7) is 0. The van der Waals surface area contributed by atoms with E-state index in [9.17, 15) is 39.9 Å². The van der Waals surface area contributed by atoms with Gasteiger partial charge in [0.2, 0.25) is 0 Å². The van der Waals surface area contributed by atoms with Crippen LogP contribution < -0.4 is 4.72 Å². The van der Waals surface area contributed by atoms with Gasteiger partial charge in [-0.3, -0.25) is 4.72 Å². The minimum absolute atomic E-state index is 0.180. The third-order valence-corrected chi connectivity index (χ3v) is 6.88. The average molecular weight is 472 g/mol. The third-order valence-electron chi connectivity index (χ3n) is 3.90. The van der Waals surface area contributed by atoms with Crippen LogP contribution in [0.25, 0.3) is 10.6 Å². The SMILES string of the molecule is O=S(=O)(Nc1ccc(C(O)(C(F)(F)F)C(F)(F)F)cc1)c1ccc(-c2ccno2)s1. The molecule has 2 N–H and O–H groups in total. The van der Waals surface area contributed by atoms with E-state index in [2.05, 4.69) is 5.16 Å². The van der Waals surface area contributed by atoms with Gasteiger partial charge in [0.05, 0.1) is 11.1 Å². The Bertz CT molecular complexity index is 1110. The molecule has 0 atom stereocenters. The monoisotopic (exact) mass is 472 g/mol. The molecule has 162 valence electrons. The van der Waals surface area contributed by atoms with Gasteiger partial charge in [-0.1, -0.05) is 17.3 Å². The van der Waals surface area contributed by atoms with Gasteiger partial charge in [0, 0.05) is 17.3 Å². The Kier molecular flexibility index (Phi) is 5.37. The highest BCUT2D eigenvalue weighted by Crippen LogP contribution is 2.50. The number of thiophene rings is 1. The molecule has 0 spiro atoms. The summed E-state index contributed by atoms with van der Waals surface area (Å²) < 4.78 is 109. The second-order valence-electron chi connectivity index (χ2n) is 5.88. The quantitative estimate of drug-likeness (QED) is 0.533. The van der Waals surface area contributed by atoms with Gasteiger partial charge in [-0.25, -0.2) is 8.42 Å². The number of nitrogens with one attached hydrogen (secondary N) is 1. The van der Waals surface area contributed by atoms with Crippen molar-refractivity contribution in [3.8, 4) is 10.6 Å². The molecule has 1 aromatic carbocycles. The van der Waals surface area contributed by atoms with E-state index in [1.807, 2.05) is 4.72 Å². The number of benzene rings is 1. The Hall–Kier alpha value is -2.58. The number of aliphatic hydroxyl groups is 1. The van der Waals surface area contributed by atoms with Crippen LogP contribution in [-0.4, -0.2) is 31.0 Å². The fourth-order valence-corrected chi connectivity index (χ4v) is 4.73. The number of hydrogen-bond acceptors (Lipinski definition) is 6. The minimum Gasteiger partial charge on any atom is -0.369 e. The molecule has 3 aromatic rings. The van der Waals surface area contributed by atoms with Gasteiger partial charge in [0.1, 0.15) is 4.21 Å². The Morgan fingerprint density at radius 3 is 2.03 bits per heavy atom. The van der Waals surface area contributed by atoms with Crippen LogP contribution in [0.15, 0.2) is 57.4 Å². The summed E-state index contributed by atoms with van der Waals surface area (Å²) in [4.78, 5) is 0.434. The van der Waals surface area contributed by atoms with Crippen molar-refractivity contribution in [2.45, 2.75) is 22.2 Å². The maximum Gasteiger partial charge on any atom is 0.430 e. The summed E-state index contributed by atoms with van der Waals surface area (Å²) in [7, 11) is -4.19. The number of rotatable bonds is 5. The van der Waals surface area contributed by atoms with Crippen LogP contribution in [0.3, 0.4) is 0 Å². The average Bonchev–Trinajstić information content (AvgIpc) is 3.31. The number of sulfonamides is 1. The highest BCUT2D eigenvalue weighted by Gasteiger charge is 2.71. The zero-order chi connectivity index (χ0) is 22.4. The fraction of sp³-hybridized carbons (Fsp3) is 0.188. The molecule has 0 fully saturated rings. The van der Waals surface area contributed by atoms with Crippen molar-refractivity contribution >= 4 is 27.0 Å². The molecule has 0 amide bonds. The van der Waals surface area contributed by atoms with E-state index < -0.39 is 33.5 Å². The highest BCUT2D eigenvalue weighted by molar-refractivity contribution is 7.94. The van der Waals surface area contributed by atoms with E-state index in [0.717, 1.165) is 11.3 Å². The fourth-order valence-electron chi connectivity index (χ4n) is 2.41. The smallest absolute Gasteiger partial charge is 0.369 e. The first-order valence-corrected chi connectivity index (χ1v) is 10.1. The molecule has 3 rings (SSSR count). The Balaban J connectivity index is 1.86. The van der Waals surface area contributed by atoms with Crippen LogP contribution in [0.1, 0.15) is 5.56 Å². The Morgan fingerprint density at radius 2 is 1.53 bits per heavy atom. The second kappa shape index (κ2) is 7.28. The van der Waals surface area contributed by atoms with Gasteiger partial charge in [0.25, 0.3) is 15.6 Å². The van der Waals surface area contributed by atoms with Gasteiger partial charge >= 0.3 is 12.4 Å². The maximum absolute atomic E-state index is 12.9. The summed E-state index contributed by atoms with van der Waals surface area (Å²) in [5, 5.41) is 12.8. The van der Waals surface area contributed by atoms with E-state index in [1.54, 1.807) is 0 Å². The molecule has 14 heteroatoms. The van der Waals surface area contributed by atoms with Crippen LogP contribution in [0.2, 0.25) is 0 Å². The first kappa shape index (κ1) is 22.1. The zero-order valence-electron chi connectivity index (χ0n) is 14.3. The lowest BCUT2D eigenvalue weighted by atomic mass is 9.92. The van der Waals surface area contributed by atoms with Crippen LogP contribution in [-0.2, 0) is 15.6 Å². The molecule has 0 aliphatic heterocycles. The maximum atomic E-state index is 12.9. The molecule has 6 nitrogen and oxygen atoms in total. The molecule has 0 aliphatic carbocycles. The number of aromatic nitrogens is 1. The lowest BCUT2D eigenvalue weighted by Crippen LogP contribution is -2.53. The van der Waals surface area contributed by atoms with Crippen molar-refractivity contribution in [3.63, 3.8) is 0 Å². The van der Waals surface area contributed by atoms with Gasteiger partial charge in [0.15, 0.2) is 5.76 Å². The molecule has 0 saturated heterocycles. The van der Waals surface area contributed by atoms with Crippen molar-refractivity contribution in [2.24, 2.45) is 0 Å². The summed E-state index contributed by atoms with van der Waals surface area (Å²) in [5.41, 5.74) is -6.91. The standard InChI is InChI=1S/C16H10F6N2O4S2/c17-15(18,19)14(25,16(20,21)22)9-1-3-10(4-2-9)24-30(26,27)13-6-5-12(29-13)11-7-8-23-28-11/h1-8,24-25H. The molecule has 2 heterocycles. The molecule has 0 aliphatic rings. The van der Waals surface area contributed by atoms with Crippen molar-refractivity contribution in [2.75, 3.05) is 4.72 Å². The largest absolute Gasteiger partial charge is 0.430 e. The number of halogens is 6. The number of anilines is 1. The van der Waals surface area contributed by atoms with Crippen LogP contribution in [0.5, 0.6) is 0 Å². The minimum atomic E-state index is -6.04. The van der Waals surface area contributed by atoms with Crippen LogP contribution in [0.4, 0.5) is 32.0 Å². The molecule has 0 radical (unpaired) electrons. The van der Waals surface area contributed by atoms with Gasteiger partial charge in [-0.05, 0) is 24.3 Å². The van der Waals surface area contributed by atoms with Gasteiger partial charge in [-0.15, -0.1) is 11.3 Å². The molecular formula is C16H10F6N2O4S2. The predicted octanol–water partition coefficient (Wildman–Crippen LogP) is 4.52. The van der Waals surface area contributed by atoms with Crippen molar-refractivity contribution in [1.29, 1.82) is 0 Å². The Labute approximate surface area is 168 Å². The molecule has 2 aromatic heterocycles. The number of alkyl halides is 6. The summed E-state index contributed by atoms with van der Waals surface area (Å²) in [5.74, 6) is 0.310. The van der Waals surface area contributed by atoms with E-state index >= 15 is 0 Å². The third kappa shape index (κ3) is 3.89. The first-order valence-electron chi connectivity index (χ1n) is 7.76. The molecule has 0 bridgehead atoms. The number of hydrogen-bond donors (Lipinski definition) is 2. The Morgan fingerprint density at radius 1 is 0.933 bits per heavy atom. The lowest BCUT2D eigenvalue weighted by molar-refractivity contribution is -0.376. The number of nitrogens with zero attached hydrogens (tertiary/aromatic N) is 1. The second-order valence-corrected chi connectivity index (χ2v) is 8.88. The van der Waals surface area contributed by atoms with Crippen molar-refractivity contribution in [3.05, 3.63) is 54.2 Å². The van der Waals surface area contributed by atoms with E-state index in [-0.39, 0.29) is 9.90 Å². The summed E-state index contributed by atoms with van der Waals surface area (Å²) >= 11 is 0.809. The first-order chi connectivity index (χ1) is 13.8. The van der Waals surface area contributed by atoms with E-state index in [4.69, 9.17) is 4.52 Å². The predicted molar refractivity (Wildman–Crippen MR) is 93.1 cm³/mol. The summed E-state index contributed by atoms with van der Waals surface area (Å²) in [6, 6.07) is 6.22. The van der Waals surface area contributed by atoms with E-state index in [1.165, 1.54) is 24.4 Å². The highest BCUT2D eigenvalue weighted by atomic mass is 32.2. The zero-order valence-corrected chi connectivity index (χ0v) is 16.0. The van der Waals surface area contributed by atoms with Crippen molar-refractivity contribution in [1.82, 2.24) is 5.16 Å². The van der Waals surface area contributed by atoms with E-state index in [0.29, 0.717) is 34.9 Å². The van der Waals surface area contributed by atoms with Crippen LogP contribution in [0, 0.1) is 0 Å². The van der Waals surface area contributed by atoms with Gasteiger partial charge in [-0.2, -0.15) is 26.3 Å². The summed E-state index contributed by atoms with van der Waals surface area (Å²) in [6.07, 6.45) is -10.7. The molecule has 30 heavy (non-hydrogen) atoms. The van der Waals surface area contributed by atoms with Crippen LogP contribution >= 0.6 is 11.3 Å². The van der Waals surface area contributed by atoms with Crippen molar-refractivity contribution < 1.29 is 44.4 Å². The lowest BCUT2D eigenvalue weighted by Gasteiger charge is -2.32.